The predicted octanol–water partition coefficient (Wildman–Crippen LogP) is 4.15. The highest BCUT2D eigenvalue weighted by Gasteiger charge is 2.15. The molecule has 2 aromatic carbocycles. The minimum Gasteiger partial charge on any atom is -0.295 e. The monoisotopic (exact) mass is 361 g/mol. The first-order valence-corrected chi connectivity index (χ1v) is 8.80. The van der Waals surface area contributed by atoms with Crippen molar-refractivity contribution < 1.29 is 4.39 Å². The Hall–Kier alpha value is -3.12. The van der Waals surface area contributed by atoms with Crippen molar-refractivity contribution in [2.75, 3.05) is 7.05 Å². The average molecular weight is 361 g/mol. The van der Waals surface area contributed by atoms with E-state index in [4.69, 9.17) is 0 Å². The fourth-order valence-corrected chi connectivity index (χ4v) is 3.26. The molecule has 0 fully saturated rings. The van der Waals surface area contributed by atoms with E-state index in [0.29, 0.717) is 6.54 Å². The van der Waals surface area contributed by atoms with E-state index in [1.165, 1.54) is 18.0 Å². The number of rotatable bonds is 5. The molecule has 0 amide bonds. The van der Waals surface area contributed by atoms with Crippen molar-refractivity contribution in [2.24, 2.45) is 0 Å². The predicted molar refractivity (Wildman–Crippen MR) is 103 cm³/mol. The number of hydrogen-bond donors (Lipinski definition) is 0. The summed E-state index contributed by atoms with van der Waals surface area (Å²) >= 11 is 0. The number of aromatic nitrogens is 4. The van der Waals surface area contributed by atoms with Crippen LogP contribution in [0.1, 0.15) is 24.1 Å². The maximum Gasteiger partial charge on any atom is 0.138 e. The summed E-state index contributed by atoms with van der Waals surface area (Å²) in [5.74, 6) is -0.233. The number of halogens is 1. The van der Waals surface area contributed by atoms with E-state index in [2.05, 4.69) is 39.0 Å². The smallest absolute Gasteiger partial charge is 0.138 e. The molecule has 6 heteroatoms. The van der Waals surface area contributed by atoms with Crippen LogP contribution in [0.15, 0.2) is 67.4 Å². The second-order valence-corrected chi connectivity index (χ2v) is 6.66. The lowest BCUT2D eigenvalue weighted by molar-refractivity contribution is 0.253. The molecule has 0 saturated heterocycles. The molecule has 5 nitrogen and oxygen atoms in total. The van der Waals surface area contributed by atoms with Gasteiger partial charge >= 0.3 is 0 Å². The van der Waals surface area contributed by atoms with Crippen LogP contribution in [-0.4, -0.2) is 31.7 Å². The molecule has 0 radical (unpaired) electrons. The Morgan fingerprint density at radius 3 is 2.70 bits per heavy atom. The molecule has 2 aromatic heterocycles. The third-order valence-corrected chi connectivity index (χ3v) is 4.89. The number of benzene rings is 2. The molecule has 4 aromatic rings. The van der Waals surface area contributed by atoms with E-state index in [1.807, 2.05) is 31.3 Å². The first-order chi connectivity index (χ1) is 13.1. The maximum atomic E-state index is 14.0. The van der Waals surface area contributed by atoms with E-state index >= 15 is 0 Å². The molecule has 0 spiro atoms. The quantitative estimate of drug-likeness (QED) is 0.536. The van der Waals surface area contributed by atoms with Gasteiger partial charge < -0.3 is 0 Å². The summed E-state index contributed by atoms with van der Waals surface area (Å²) in [6, 6.07) is 15.2. The molecule has 0 saturated carbocycles. The topological polar surface area (TPSA) is 46.8 Å². The van der Waals surface area contributed by atoms with Crippen LogP contribution in [0.5, 0.6) is 0 Å². The molecule has 1 atom stereocenters. The summed E-state index contributed by atoms with van der Waals surface area (Å²) in [7, 11) is 2.04. The molecule has 0 aliphatic heterocycles. The molecular weight excluding hydrogens is 341 g/mol. The van der Waals surface area contributed by atoms with Crippen LogP contribution in [0, 0.1) is 5.82 Å². The van der Waals surface area contributed by atoms with Gasteiger partial charge in [-0.1, -0.05) is 18.2 Å². The second-order valence-electron chi connectivity index (χ2n) is 6.66. The number of fused-ring (bicyclic) bond motifs is 1. The van der Waals surface area contributed by atoms with Crippen LogP contribution in [0.4, 0.5) is 4.39 Å². The van der Waals surface area contributed by atoms with Gasteiger partial charge in [-0.15, -0.1) is 0 Å². The Morgan fingerprint density at radius 2 is 1.96 bits per heavy atom. The molecule has 2 heterocycles. The highest BCUT2D eigenvalue weighted by Crippen LogP contribution is 2.25. The van der Waals surface area contributed by atoms with Gasteiger partial charge in [-0.25, -0.2) is 14.1 Å². The van der Waals surface area contributed by atoms with Gasteiger partial charge in [-0.05, 0) is 55.4 Å². The zero-order valence-corrected chi connectivity index (χ0v) is 15.2. The molecule has 4 rings (SSSR count). The van der Waals surface area contributed by atoms with Gasteiger partial charge in [-0.2, -0.15) is 5.10 Å². The standard InChI is InChI=1S/C21H20FN5/c1-15(16-5-7-20(8-6-16)27-14-23-13-25-27)26(2)12-18-11-19(22)10-17-4-3-9-24-21(17)18/h3-11,13-15H,12H2,1-2H3/t15-/m1/s1. The van der Waals surface area contributed by atoms with Crippen LogP contribution < -0.4 is 0 Å². The number of pyridine rings is 1. The van der Waals surface area contributed by atoms with Gasteiger partial charge in [-0.3, -0.25) is 9.88 Å². The third-order valence-electron chi connectivity index (χ3n) is 4.89. The van der Waals surface area contributed by atoms with Crippen molar-refractivity contribution in [1.82, 2.24) is 24.6 Å². The third kappa shape index (κ3) is 3.57. The Bertz CT molecular complexity index is 1040. The largest absolute Gasteiger partial charge is 0.295 e. The molecule has 27 heavy (non-hydrogen) atoms. The van der Waals surface area contributed by atoms with E-state index in [-0.39, 0.29) is 11.9 Å². The summed E-state index contributed by atoms with van der Waals surface area (Å²) in [6.07, 6.45) is 4.93. The zero-order chi connectivity index (χ0) is 18.8. The molecule has 0 unspecified atom stereocenters. The van der Waals surface area contributed by atoms with Crippen molar-refractivity contribution in [3.63, 3.8) is 0 Å². The lowest BCUT2D eigenvalue weighted by Crippen LogP contribution is -2.22. The molecule has 0 N–H and O–H groups in total. The Balaban J connectivity index is 1.55. The molecule has 0 aliphatic carbocycles. The summed E-state index contributed by atoms with van der Waals surface area (Å²) in [4.78, 5) is 10.6. The summed E-state index contributed by atoms with van der Waals surface area (Å²) in [5, 5.41) is 4.97. The van der Waals surface area contributed by atoms with Crippen molar-refractivity contribution in [3.05, 3.63) is 84.3 Å². The van der Waals surface area contributed by atoms with E-state index in [0.717, 1.165) is 22.2 Å². The Labute approximate surface area is 157 Å². The first-order valence-electron chi connectivity index (χ1n) is 8.80. The number of hydrogen-bond acceptors (Lipinski definition) is 4. The Morgan fingerprint density at radius 1 is 1.15 bits per heavy atom. The van der Waals surface area contributed by atoms with Crippen LogP contribution in [-0.2, 0) is 6.54 Å². The fourth-order valence-electron chi connectivity index (χ4n) is 3.26. The first kappa shape index (κ1) is 17.3. The highest BCUT2D eigenvalue weighted by atomic mass is 19.1. The highest BCUT2D eigenvalue weighted by molar-refractivity contribution is 5.81. The van der Waals surface area contributed by atoms with Crippen LogP contribution in [0.3, 0.4) is 0 Å². The van der Waals surface area contributed by atoms with Crippen molar-refractivity contribution in [3.8, 4) is 5.69 Å². The average Bonchev–Trinajstić information content (AvgIpc) is 3.22. The minimum absolute atomic E-state index is 0.164. The Kier molecular flexibility index (Phi) is 4.64. The van der Waals surface area contributed by atoms with Crippen molar-refractivity contribution >= 4 is 10.9 Å². The minimum atomic E-state index is -0.233. The molecule has 0 bridgehead atoms. The van der Waals surface area contributed by atoms with E-state index in [1.54, 1.807) is 23.3 Å². The lowest BCUT2D eigenvalue weighted by atomic mass is 10.0. The molecule has 136 valence electrons. The van der Waals surface area contributed by atoms with Crippen molar-refractivity contribution in [2.45, 2.75) is 19.5 Å². The maximum absolute atomic E-state index is 14.0. The zero-order valence-electron chi connectivity index (χ0n) is 15.2. The van der Waals surface area contributed by atoms with Gasteiger partial charge in [0.2, 0.25) is 0 Å². The fraction of sp³-hybridized carbons (Fsp3) is 0.190. The van der Waals surface area contributed by atoms with Gasteiger partial charge in [0.1, 0.15) is 18.5 Å². The van der Waals surface area contributed by atoms with Gasteiger partial charge in [0.05, 0.1) is 11.2 Å². The van der Waals surface area contributed by atoms with Crippen LogP contribution in [0.2, 0.25) is 0 Å². The summed E-state index contributed by atoms with van der Waals surface area (Å²) in [6.45, 7) is 2.75. The summed E-state index contributed by atoms with van der Waals surface area (Å²) < 4.78 is 15.7. The SMILES string of the molecule is C[C@H](c1ccc(-n2cncn2)cc1)N(C)Cc1cc(F)cc2cccnc12. The van der Waals surface area contributed by atoms with E-state index < -0.39 is 0 Å². The number of nitrogens with zero attached hydrogens (tertiary/aromatic N) is 5. The van der Waals surface area contributed by atoms with E-state index in [9.17, 15) is 4.39 Å². The van der Waals surface area contributed by atoms with Crippen molar-refractivity contribution in [1.29, 1.82) is 0 Å². The molecular formula is C21H20FN5. The molecule has 0 aliphatic rings. The van der Waals surface area contributed by atoms with Crippen LogP contribution >= 0.6 is 0 Å². The summed E-state index contributed by atoms with van der Waals surface area (Å²) in [5.41, 5.74) is 3.88. The van der Waals surface area contributed by atoms with Gasteiger partial charge in [0, 0.05) is 24.2 Å². The van der Waals surface area contributed by atoms with Gasteiger partial charge in [0.25, 0.3) is 0 Å². The normalized spacial score (nSPS) is 12.6. The van der Waals surface area contributed by atoms with Crippen LogP contribution in [0.25, 0.3) is 16.6 Å². The lowest BCUT2D eigenvalue weighted by Gasteiger charge is -2.25. The second kappa shape index (κ2) is 7.25. The van der Waals surface area contributed by atoms with Gasteiger partial charge in [0.15, 0.2) is 0 Å².